The lowest BCUT2D eigenvalue weighted by Gasteiger charge is -2.02. The minimum Gasteiger partial charge on any atom is -0.279 e. The number of nitrogens with zero attached hydrogens (tertiary/aromatic N) is 4. The van der Waals surface area contributed by atoms with Gasteiger partial charge >= 0.3 is 0 Å². The standard InChI is InChI=1S/C11H9ClN4S/c1-6-3-8-9(4-7(6)2)16(5-13-8)11-10(12)14-17-15-11/h3-5H,1-2H3. The van der Waals surface area contributed by atoms with E-state index in [2.05, 4.69) is 39.7 Å². The number of benzene rings is 1. The van der Waals surface area contributed by atoms with Crippen LogP contribution in [0, 0.1) is 13.8 Å². The molecular weight excluding hydrogens is 256 g/mol. The van der Waals surface area contributed by atoms with Crippen molar-refractivity contribution < 1.29 is 0 Å². The van der Waals surface area contributed by atoms with Gasteiger partial charge in [-0.15, -0.1) is 0 Å². The summed E-state index contributed by atoms with van der Waals surface area (Å²) in [5.74, 6) is 0.641. The fourth-order valence-electron chi connectivity index (χ4n) is 1.75. The van der Waals surface area contributed by atoms with E-state index in [1.807, 2.05) is 4.57 Å². The van der Waals surface area contributed by atoms with E-state index in [0.29, 0.717) is 11.0 Å². The molecule has 4 nitrogen and oxygen atoms in total. The normalized spacial score (nSPS) is 11.2. The predicted molar refractivity (Wildman–Crippen MR) is 69.0 cm³/mol. The zero-order valence-corrected chi connectivity index (χ0v) is 10.9. The van der Waals surface area contributed by atoms with E-state index in [9.17, 15) is 0 Å². The van der Waals surface area contributed by atoms with Gasteiger partial charge in [0.05, 0.1) is 22.8 Å². The van der Waals surface area contributed by atoms with Crippen molar-refractivity contribution in [2.24, 2.45) is 0 Å². The molecule has 2 aromatic heterocycles. The maximum atomic E-state index is 5.99. The van der Waals surface area contributed by atoms with Gasteiger partial charge in [-0.25, -0.2) is 4.98 Å². The van der Waals surface area contributed by atoms with Gasteiger partial charge in [0, 0.05) is 0 Å². The second-order valence-electron chi connectivity index (χ2n) is 3.92. The molecule has 0 aliphatic carbocycles. The number of fused-ring (bicyclic) bond motifs is 1. The van der Waals surface area contributed by atoms with Gasteiger partial charge in [-0.05, 0) is 37.1 Å². The van der Waals surface area contributed by atoms with Gasteiger partial charge in [-0.3, -0.25) is 4.57 Å². The van der Waals surface area contributed by atoms with E-state index in [-0.39, 0.29) is 0 Å². The maximum Gasteiger partial charge on any atom is 0.191 e. The summed E-state index contributed by atoms with van der Waals surface area (Å²) in [7, 11) is 0. The van der Waals surface area contributed by atoms with E-state index in [1.165, 1.54) is 11.1 Å². The molecule has 0 saturated heterocycles. The molecule has 0 spiro atoms. The van der Waals surface area contributed by atoms with Gasteiger partial charge in [0.15, 0.2) is 11.0 Å². The first-order valence-corrected chi connectivity index (χ1v) is 6.20. The van der Waals surface area contributed by atoms with Crippen molar-refractivity contribution in [3.8, 4) is 5.82 Å². The molecule has 0 N–H and O–H groups in total. The number of hydrogen-bond acceptors (Lipinski definition) is 4. The number of rotatable bonds is 1. The molecule has 0 aliphatic rings. The molecule has 86 valence electrons. The summed E-state index contributed by atoms with van der Waals surface area (Å²) in [5, 5.41) is 0.410. The SMILES string of the molecule is Cc1cc2ncn(-c3nsnc3Cl)c2cc1C. The first kappa shape index (κ1) is 10.7. The highest BCUT2D eigenvalue weighted by molar-refractivity contribution is 6.99. The van der Waals surface area contributed by atoms with Crippen LogP contribution in [0.3, 0.4) is 0 Å². The maximum absolute atomic E-state index is 5.99. The third-order valence-corrected chi connectivity index (χ3v) is 3.70. The van der Waals surface area contributed by atoms with E-state index >= 15 is 0 Å². The third-order valence-electron chi connectivity index (χ3n) is 2.82. The Morgan fingerprint density at radius 2 is 1.94 bits per heavy atom. The summed E-state index contributed by atoms with van der Waals surface area (Å²) in [4.78, 5) is 4.36. The van der Waals surface area contributed by atoms with Crippen LogP contribution in [-0.2, 0) is 0 Å². The van der Waals surface area contributed by atoms with Gasteiger partial charge in [-0.1, -0.05) is 11.6 Å². The molecule has 3 rings (SSSR count). The number of hydrogen-bond donors (Lipinski definition) is 0. The average molecular weight is 265 g/mol. The van der Waals surface area contributed by atoms with Crippen molar-refractivity contribution in [1.82, 2.24) is 18.3 Å². The Morgan fingerprint density at radius 1 is 1.18 bits per heavy atom. The number of aromatic nitrogens is 4. The van der Waals surface area contributed by atoms with Crippen molar-refractivity contribution in [3.63, 3.8) is 0 Å². The summed E-state index contributed by atoms with van der Waals surface area (Å²) < 4.78 is 10.0. The Bertz CT molecular complexity index is 701. The highest BCUT2D eigenvalue weighted by Gasteiger charge is 2.12. The van der Waals surface area contributed by atoms with Crippen LogP contribution in [0.15, 0.2) is 18.5 Å². The largest absolute Gasteiger partial charge is 0.279 e. The minimum atomic E-state index is 0.410. The van der Waals surface area contributed by atoms with Crippen molar-refractivity contribution in [3.05, 3.63) is 34.7 Å². The Labute approximate surface area is 107 Å². The van der Waals surface area contributed by atoms with E-state index in [4.69, 9.17) is 11.6 Å². The second kappa shape index (κ2) is 3.78. The molecule has 0 radical (unpaired) electrons. The van der Waals surface area contributed by atoms with Gasteiger partial charge in [-0.2, -0.15) is 8.75 Å². The molecule has 0 bridgehead atoms. The van der Waals surface area contributed by atoms with Crippen LogP contribution >= 0.6 is 23.3 Å². The molecule has 2 heterocycles. The number of imidazole rings is 1. The molecule has 17 heavy (non-hydrogen) atoms. The Hall–Kier alpha value is -1.46. The summed E-state index contributed by atoms with van der Waals surface area (Å²) in [5.41, 5.74) is 4.39. The van der Waals surface area contributed by atoms with Gasteiger partial charge < -0.3 is 0 Å². The average Bonchev–Trinajstić information content (AvgIpc) is 2.86. The Morgan fingerprint density at radius 3 is 2.65 bits per heavy atom. The fraction of sp³-hybridized carbons (Fsp3) is 0.182. The molecule has 0 aliphatic heterocycles. The first-order valence-electron chi connectivity index (χ1n) is 5.09. The smallest absolute Gasteiger partial charge is 0.191 e. The number of aryl methyl sites for hydroxylation is 2. The lowest BCUT2D eigenvalue weighted by atomic mass is 10.1. The van der Waals surface area contributed by atoms with Crippen molar-refractivity contribution in [2.75, 3.05) is 0 Å². The monoisotopic (exact) mass is 264 g/mol. The van der Waals surface area contributed by atoms with Crippen LogP contribution in [0.4, 0.5) is 0 Å². The van der Waals surface area contributed by atoms with E-state index in [0.717, 1.165) is 22.8 Å². The summed E-state index contributed by atoms with van der Waals surface area (Å²) in [6.45, 7) is 4.15. The molecular formula is C11H9ClN4S. The summed E-state index contributed by atoms with van der Waals surface area (Å²) in [6, 6.07) is 4.15. The fourth-order valence-corrected chi connectivity index (χ4v) is 2.47. The molecule has 0 atom stereocenters. The van der Waals surface area contributed by atoms with Crippen LogP contribution in [-0.4, -0.2) is 18.3 Å². The number of halogens is 1. The molecule has 0 amide bonds. The molecule has 0 fully saturated rings. The van der Waals surface area contributed by atoms with Gasteiger partial charge in [0.25, 0.3) is 0 Å². The van der Waals surface area contributed by atoms with E-state index < -0.39 is 0 Å². The van der Waals surface area contributed by atoms with Crippen molar-refractivity contribution in [1.29, 1.82) is 0 Å². The lowest BCUT2D eigenvalue weighted by molar-refractivity contribution is 1.05. The first-order chi connectivity index (χ1) is 8.16. The van der Waals surface area contributed by atoms with Crippen LogP contribution in [0.5, 0.6) is 0 Å². The van der Waals surface area contributed by atoms with Gasteiger partial charge in [0.1, 0.15) is 6.33 Å². The highest BCUT2D eigenvalue weighted by atomic mass is 35.5. The molecule has 0 saturated carbocycles. The Kier molecular flexibility index (Phi) is 2.38. The zero-order chi connectivity index (χ0) is 12.0. The minimum absolute atomic E-state index is 0.410. The second-order valence-corrected chi connectivity index (χ2v) is 4.80. The van der Waals surface area contributed by atoms with Crippen LogP contribution in [0.2, 0.25) is 5.15 Å². The molecule has 0 unspecified atom stereocenters. The topological polar surface area (TPSA) is 43.6 Å². The summed E-state index contributed by atoms with van der Waals surface area (Å²) >= 11 is 7.09. The molecule has 6 heteroatoms. The third kappa shape index (κ3) is 1.62. The van der Waals surface area contributed by atoms with Crippen LogP contribution < -0.4 is 0 Å². The lowest BCUT2D eigenvalue weighted by Crippen LogP contribution is -1.93. The highest BCUT2D eigenvalue weighted by Crippen LogP contribution is 2.24. The van der Waals surface area contributed by atoms with E-state index in [1.54, 1.807) is 6.33 Å². The van der Waals surface area contributed by atoms with Crippen molar-refractivity contribution in [2.45, 2.75) is 13.8 Å². The van der Waals surface area contributed by atoms with Crippen molar-refractivity contribution >= 4 is 34.4 Å². The predicted octanol–water partition coefficient (Wildman–Crippen LogP) is 3.15. The zero-order valence-electron chi connectivity index (χ0n) is 9.31. The van der Waals surface area contributed by atoms with Crippen LogP contribution in [0.1, 0.15) is 11.1 Å². The van der Waals surface area contributed by atoms with Gasteiger partial charge in [0.2, 0.25) is 0 Å². The molecule has 1 aromatic carbocycles. The summed E-state index contributed by atoms with van der Waals surface area (Å²) in [6.07, 6.45) is 1.73. The Balaban J connectivity index is 2.32. The molecule has 3 aromatic rings. The van der Waals surface area contributed by atoms with Crippen LogP contribution in [0.25, 0.3) is 16.9 Å². The quantitative estimate of drug-likeness (QED) is 0.678.